The van der Waals surface area contributed by atoms with Crippen molar-refractivity contribution < 1.29 is 14.3 Å². The molecule has 1 heterocycles. The van der Waals surface area contributed by atoms with Crippen molar-refractivity contribution >= 4 is 17.7 Å². The molecule has 1 aliphatic heterocycles. The van der Waals surface area contributed by atoms with Crippen molar-refractivity contribution in [2.45, 2.75) is 72.4 Å². The van der Waals surface area contributed by atoms with Crippen molar-refractivity contribution in [1.82, 2.24) is 4.90 Å². The van der Waals surface area contributed by atoms with Crippen LogP contribution in [0, 0.1) is 13.8 Å². The molecule has 26 heavy (non-hydrogen) atoms. The van der Waals surface area contributed by atoms with Crippen LogP contribution in [0.15, 0.2) is 18.2 Å². The number of carbonyl (C=O) groups excluding carboxylic acids is 2. The monoisotopic (exact) mass is 360 g/mol. The second kappa shape index (κ2) is 8.11. The number of rotatable bonds is 4. The van der Waals surface area contributed by atoms with Crippen LogP contribution in [-0.2, 0) is 9.53 Å². The van der Waals surface area contributed by atoms with Crippen LogP contribution < -0.4 is 4.90 Å². The minimum absolute atomic E-state index is 0.0255. The molecule has 0 aliphatic carbocycles. The van der Waals surface area contributed by atoms with Crippen LogP contribution >= 0.6 is 0 Å². The van der Waals surface area contributed by atoms with Gasteiger partial charge in [0.1, 0.15) is 12.1 Å². The lowest BCUT2D eigenvalue weighted by Crippen LogP contribution is -2.59. The number of aryl methyl sites for hydroxylation is 1. The van der Waals surface area contributed by atoms with Crippen molar-refractivity contribution in [2.24, 2.45) is 0 Å². The van der Waals surface area contributed by atoms with Gasteiger partial charge in [0.15, 0.2) is 0 Å². The molecule has 5 nitrogen and oxygen atoms in total. The van der Waals surface area contributed by atoms with Crippen LogP contribution in [0.25, 0.3) is 0 Å². The lowest BCUT2D eigenvalue weighted by Gasteiger charge is -2.41. The molecule has 0 N–H and O–H groups in total. The number of amides is 2. The highest BCUT2D eigenvalue weighted by molar-refractivity contribution is 5.98. The number of anilines is 1. The van der Waals surface area contributed by atoms with Gasteiger partial charge in [-0.1, -0.05) is 31.9 Å². The molecule has 1 fully saturated rings. The van der Waals surface area contributed by atoms with Gasteiger partial charge in [0, 0.05) is 12.2 Å². The van der Waals surface area contributed by atoms with Gasteiger partial charge in [0.25, 0.3) is 0 Å². The molecule has 5 heteroatoms. The first-order valence-corrected chi connectivity index (χ1v) is 9.50. The van der Waals surface area contributed by atoms with Gasteiger partial charge in [-0.2, -0.15) is 0 Å². The Balaban J connectivity index is 2.26. The molecular weight excluding hydrogens is 328 g/mol. The van der Waals surface area contributed by atoms with E-state index < -0.39 is 11.7 Å². The zero-order valence-electron chi connectivity index (χ0n) is 17.0. The summed E-state index contributed by atoms with van der Waals surface area (Å²) in [7, 11) is 0. The number of benzene rings is 1. The molecule has 0 saturated carbocycles. The van der Waals surface area contributed by atoms with Crippen molar-refractivity contribution in [1.29, 1.82) is 0 Å². The number of nitrogens with zero attached hydrogens (tertiary/aromatic N) is 2. The summed E-state index contributed by atoms with van der Waals surface area (Å²) in [5, 5.41) is 0. The topological polar surface area (TPSA) is 49.9 Å². The van der Waals surface area contributed by atoms with Crippen LogP contribution in [0.2, 0.25) is 0 Å². The lowest BCUT2D eigenvalue weighted by atomic mass is 10.0. The summed E-state index contributed by atoms with van der Waals surface area (Å²) in [5.41, 5.74) is 2.65. The number of hydrogen-bond donors (Lipinski definition) is 0. The Kier molecular flexibility index (Phi) is 6.32. The van der Waals surface area contributed by atoms with E-state index in [9.17, 15) is 9.59 Å². The highest BCUT2D eigenvalue weighted by Gasteiger charge is 2.37. The van der Waals surface area contributed by atoms with Crippen LogP contribution in [0.5, 0.6) is 0 Å². The van der Waals surface area contributed by atoms with Crippen molar-refractivity contribution in [2.75, 3.05) is 18.0 Å². The Labute approximate surface area is 157 Å². The molecule has 1 aromatic carbocycles. The third-order valence-electron chi connectivity index (χ3n) is 4.83. The first-order valence-electron chi connectivity index (χ1n) is 9.50. The molecule has 0 spiro atoms. The van der Waals surface area contributed by atoms with E-state index >= 15 is 0 Å². The maximum absolute atomic E-state index is 12.8. The van der Waals surface area contributed by atoms with Crippen LogP contribution in [-0.4, -0.2) is 41.6 Å². The molecule has 0 aromatic heterocycles. The van der Waals surface area contributed by atoms with E-state index in [2.05, 4.69) is 19.9 Å². The number of unbranched alkanes of at least 4 members (excludes halogenated alkanes) is 1. The van der Waals surface area contributed by atoms with Gasteiger partial charge in [-0.25, -0.2) is 4.79 Å². The van der Waals surface area contributed by atoms with Gasteiger partial charge in [-0.3, -0.25) is 9.69 Å². The second-order valence-corrected chi connectivity index (χ2v) is 8.13. The number of carbonyl (C=O) groups is 2. The fourth-order valence-corrected chi connectivity index (χ4v) is 3.25. The summed E-state index contributed by atoms with van der Waals surface area (Å²) in [6.45, 7) is 12.3. The van der Waals surface area contributed by atoms with Crippen molar-refractivity contribution in [3.8, 4) is 0 Å². The Morgan fingerprint density at radius 1 is 1.27 bits per heavy atom. The molecule has 144 valence electrons. The summed E-state index contributed by atoms with van der Waals surface area (Å²) in [6, 6.07) is 5.99. The molecule has 1 saturated heterocycles. The van der Waals surface area contributed by atoms with Gasteiger partial charge >= 0.3 is 6.09 Å². The van der Waals surface area contributed by atoms with E-state index in [0.717, 1.165) is 36.1 Å². The summed E-state index contributed by atoms with van der Waals surface area (Å²) >= 11 is 0. The molecule has 1 aromatic rings. The minimum atomic E-state index is -0.570. The van der Waals surface area contributed by atoms with Crippen LogP contribution in [0.3, 0.4) is 0 Å². The fraction of sp³-hybridized carbons (Fsp3) is 0.619. The molecule has 1 atom stereocenters. The standard InChI is InChI=1S/C21H32N2O3/c1-7-8-11-17-13-23(18-12-9-10-15(2)16(18)3)19(24)14-22(17)20(25)26-21(4,5)6/h9-10,12,17H,7-8,11,13-14H2,1-6H3. The average molecular weight is 360 g/mol. The van der Waals surface area contributed by atoms with Gasteiger partial charge in [-0.15, -0.1) is 0 Å². The van der Waals surface area contributed by atoms with E-state index in [1.54, 1.807) is 4.90 Å². The Morgan fingerprint density at radius 2 is 1.96 bits per heavy atom. The number of hydrogen-bond acceptors (Lipinski definition) is 3. The van der Waals surface area contributed by atoms with E-state index in [1.165, 1.54) is 0 Å². The van der Waals surface area contributed by atoms with Crippen molar-refractivity contribution in [3.05, 3.63) is 29.3 Å². The molecule has 2 amide bonds. The van der Waals surface area contributed by atoms with E-state index in [1.807, 2.05) is 44.7 Å². The third kappa shape index (κ3) is 4.77. The average Bonchev–Trinajstić information content (AvgIpc) is 2.54. The molecule has 1 aliphatic rings. The second-order valence-electron chi connectivity index (χ2n) is 8.13. The molecule has 0 bridgehead atoms. The Bertz CT molecular complexity index is 664. The number of ether oxygens (including phenoxy) is 1. The summed E-state index contributed by atoms with van der Waals surface area (Å²) in [5.74, 6) is -0.0580. The highest BCUT2D eigenvalue weighted by atomic mass is 16.6. The van der Waals surface area contributed by atoms with Gasteiger partial charge in [0.05, 0.1) is 6.04 Å². The zero-order valence-corrected chi connectivity index (χ0v) is 17.0. The molecular formula is C21H32N2O3. The summed E-state index contributed by atoms with van der Waals surface area (Å²) < 4.78 is 5.54. The maximum Gasteiger partial charge on any atom is 0.411 e. The normalized spacial score (nSPS) is 18.2. The Morgan fingerprint density at radius 3 is 2.58 bits per heavy atom. The first-order chi connectivity index (χ1) is 12.1. The van der Waals surface area contributed by atoms with Crippen molar-refractivity contribution in [3.63, 3.8) is 0 Å². The van der Waals surface area contributed by atoms with Gasteiger partial charge < -0.3 is 9.64 Å². The van der Waals surface area contributed by atoms with E-state index in [0.29, 0.717) is 6.54 Å². The molecule has 0 radical (unpaired) electrons. The molecule has 1 unspecified atom stereocenters. The van der Waals surface area contributed by atoms with Gasteiger partial charge in [-0.05, 0) is 58.2 Å². The summed E-state index contributed by atoms with van der Waals surface area (Å²) in [4.78, 5) is 28.9. The Hall–Kier alpha value is -2.04. The SMILES string of the molecule is CCCCC1CN(c2cccc(C)c2C)C(=O)CN1C(=O)OC(C)(C)C. The number of piperazine rings is 1. The smallest absolute Gasteiger partial charge is 0.411 e. The first kappa shape index (κ1) is 20.3. The predicted molar refractivity (Wildman–Crippen MR) is 105 cm³/mol. The highest BCUT2D eigenvalue weighted by Crippen LogP contribution is 2.28. The quantitative estimate of drug-likeness (QED) is 0.797. The minimum Gasteiger partial charge on any atom is -0.444 e. The van der Waals surface area contributed by atoms with E-state index in [-0.39, 0.29) is 18.5 Å². The largest absolute Gasteiger partial charge is 0.444 e. The van der Waals surface area contributed by atoms with Crippen LogP contribution in [0.4, 0.5) is 10.5 Å². The zero-order chi connectivity index (χ0) is 19.5. The maximum atomic E-state index is 12.8. The summed E-state index contributed by atoms with van der Waals surface area (Å²) in [6.07, 6.45) is 2.53. The predicted octanol–water partition coefficient (Wildman–Crippen LogP) is 4.45. The third-order valence-corrected chi connectivity index (χ3v) is 4.83. The fourth-order valence-electron chi connectivity index (χ4n) is 3.25. The van der Waals surface area contributed by atoms with Gasteiger partial charge in [0.2, 0.25) is 5.91 Å². The van der Waals surface area contributed by atoms with E-state index in [4.69, 9.17) is 4.74 Å². The van der Waals surface area contributed by atoms with Crippen LogP contribution in [0.1, 0.15) is 58.1 Å². The molecule has 2 rings (SSSR count). The lowest BCUT2D eigenvalue weighted by molar-refractivity contribution is -0.122.